The normalized spacial score (nSPS) is 11.9. The minimum Gasteiger partial charge on any atom is -0.271 e. The Hall–Kier alpha value is -2.97. The highest BCUT2D eigenvalue weighted by Crippen LogP contribution is 2.27. The highest BCUT2D eigenvalue weighted by Gasteiger charge is 2.28. The molecule has 8 heteroatoms. The molecule has 6 nitrogen and oxygen atoms in total. The lowest BCUT2D eigenvalue weighted by molar-refractivity contribution is -0.119. The van der Waals surface area contributed by atoms with Crippen LogP contribution in [0.25, 0.3) is 0 Å². The SMILES string of the molecule is C/C(=N\NC(=O)CN(c1ccc(C)cc1C)S(=O)(=O)c1ccc(C)cc1)c1cccs1. The summed E-state index contributed by atoms with van der Waals surface area (Å²) in [4.78, 5) is 13.7. The van der Waals surface area contributed by atoms with Gasteiger partial charge in [-0.25, -0.2) is 13.8 Å². The van der Waals surface area contributed by atoms with Gasteiger partial charge in [0.1, 0.15) is 6.54 Å². The van der Waals surface area contributed by atoms with Gasteiger partial charge in [-0.3, -0.25) is 9.10 Å². The summed E-state index contributed by atoms with van der Waals surface area (Å²) < 4.78 is 28.0. The van der Waals surface area contributed by atoms with Gasteiger partial charge in [0.15, 0.2) is 0 Å². The Balaban J connectivity index is 1.93. The maximum Gasteiger partial charge on any atom is 0.264 e. The van der Waals surface area contributed by atoms with Crippen molar-refractivity contribution in [3.8, 4) is 0 Å². The van der Waals surface area contributed by atoms with E-state index in [9.17, 15) is 13.2 Å². The fourth-order valence-corrected chi connectivity index (χ4v) is 5.24. The highest BCUT2D eigenvalue weighted by molar-refractivity contribution is 7.92. The molecule has 0 radical (unpaired) electrons. The van der Waals surface area contributed by atoms with Crippen LogP contribution < -0.4 is 9.73 Å². The quantitative estimate of drug-likeness (QED) is 0.423. The van der Waals surface area contributed by atoms with Gasteiger partial charge in [0.2, 0.25) is 0 Å². The molecule has 0 saturated heterocycles. The van der Waals surface area contributed by atoms with Crippen molar-refractivity contribution in [1.29, 1.82) is 0 Å². The number of benzene rings is 2. The van der Waals surface area contributed by atoms with Gasteiger partial charge in [-0.2, -0.15) is 5.10 Å². The summed E-state index contributed by atoms with van der Waals surface area (Å²) in [5.74, 6) is -0.522. The highest BCUT2D eigenvalue weighted by atomic mass is 32.2. The van der Waals surface area contributed by atoms with Crippen LogP contribution in [0, 0.1) is 20.8 Å². The lowest BCUT2D eigenvalue weighted by Crippen LogP contribution is -2.40. The van der Waals surface area contributed by atoms with Crippen molar-refractivity contribution in [2.75, 3.05) is 10.8 Å². The molecule has 2 aromatic carbocycles. The molecule has 0 aliphatic rings. The van der Waals surface area contributed by atoms with Crippen LogP contribution in [-0.4, -0.2) is 26.6 Å². The summed E-state index contributed by atoms with van der Waals surface area (Å²) in [7, 11) is -3.96. The Morgan fingerprint density at radius 1 is 1.03 bits per heavy atom. The summed E-state index contributed by atoms with van der Waals surface area (Å²) in [6.07, 6.45) is 0. The topological polar surface area (TPSA) is 78.8 Å². The van der Waals surface area contributed by atoms with E-state index in [-0.39, 0.29) is 11.4 Å². The third-order valence-electron chi connectivity index (χ3n) is 4.74. The van der Waals surface area contributed by atoms with Crippen molar-refractivity contribution in [3.05, 3.63) is 81.5 Å². The number of carbonyl (C=O) groups excluding carboxylic acids is 1. The number of carbonyl (C=O) groups is 1. The van der Waals surface area contributed by atoms with E-state index in [4.69, 9.17) is 0 Å². The Labute approximate surface area is 187 Å². The van der Waals surface area contributed by atoms with Gasteiger partial charge in [-0.05, 0) is 62.9 Å². The van der Waals surface area contributed by atoms with Crippen LogP contribution in [0.5, 0.6) is 0 Å². The number of hydrogen-bond donors (Lipinski definition) is 1. The third-order valence-corrected chi connectivity index (χ3v) is 7.50. The monoisotopic (exact) mass is 455 g/mol. The number of amides is 1. The van der Waals surface area contributed by atoms with Crippen molar-refractivity contribution in [1.82, 2.24) is 5.43 Å². The van der Waals surface area contributed by atoms with Crippen LogP contribution >= 0.6 is 11.3 Å². The standard InChI is InChI=1S/C23H25N3O3S2/c1-16-7-10-20(11-8-16)31(28,29)26(21-12-9-17(2)14-18(21)3)15-23(27)25-24-19(4)22-6-5-13-30-22/h5-14H,15H2,1-4H3,(H,25,27)/b24-19+. The van der Waals surface area contributed by atoms with Gasteiger partial charge in [-0.15, -0.1) is 11.3 Å². The summed E-state index contributed by atoms with van der Waals surface area (Å²) >= 11 is 1.51. The van der Waals surface area contributed by atoms with Crippen LogP contribution in [0.1, 0.15) is 28.5 Å². The molecule has 1 aromatic heterocycles. The smallest absolute Gasteiger partial charge is 0.264 e. The van der Waals surface area contributed by atoms with Crippen LogP contribution in [0.15, 0.2) is 70.0 Å². The van der Waals surface area contributed by atoms with Crippen molar-refractivity contribution >= 4 is 38.7 Å². The molecule has 31 heavy (non-hydrogen) atoms. The molecule has 0 atom stereocenters. The van der Waals surface area contributed by atoms with Gasteiger partial charge in [0.05, 0.1) is 16.3 Å². The molecule has 0 aliphatic heterocycles. The van der Waals surface area contributed by atoms with Gasteiger partial charge in [-0.1, -0.05) is 41.5 Å². The van der Waals surface area contributed by atoms with E-state index in [1.54, 1.807) is 37.3 Å². The first-order chi connectivity index (χ1) is 14.7. The van der Waals surface area contributed by atoms with Gasteiger partial charge in [0.25, 0.3) is 15.9 Å². The number of sulfonamides is 1. The lowest BCUT2D eigenvalue weighted by atomic mass is 10.1. The van der Waals surface area contributed by atoms with E-state index in [2.05, 4.69) is 10.5 Å². The number of nitrogens with zero attached hydrogens (tertiary/aromatic N) is 2. The molecule has 3 rings (SSSR count). The number of hydrazone groups is 1. The molecular weight excluding hydrogens is 430 g/mol. The third kappa shape index (κ3) is 5.39. The molecule has 162 valence electrons. The van der Waals surface area contributed by atoms with E-state index in [0.29, 0.717) is 11.4 Å². The predicted molar refractivity (Wildman–Crippen MR) is 126 cm³/mol. The second kappa shape index (κ2) is 9.45. The van der Waals surface area contributed by atoms with Crippen molar-refractivity contribution in [3.63, 3.8) is 0 Å². The van der Waals surface area contributed by atoms with Crippen LogP contribution in [0.4, 0.5) is 5.69 Å². The number of aryl methyl sites for hydroxylation is 3. The Morgan fingerprint density at radius 2 is 1.71 bits per heavy atom. The average Bonchev–Trinajstić information content (AvgIpc) is 3.26. The first-order valence-corrected chi connectivity index (χ1v) is 12.0. The largest absolute Gasteiger partial charge is 0.271 e. The molecule has 0 bridgehead atoms. The van der Waals surface area contributed by atoms with Gasteiger partial charge >= 0.3 is 0 Å². The Bertz CT molecular complexity index is 1200. The second-order valence-corrected chi connectivity index (χ2v) is 10.1. The molecule has 1 heterocycles. The molecule has 0 aliphatic carbocycles. The minimum atomic E-state index is -3.96. The zero-order valence-corrected chi connectivity index (χ0v) is 19.5. The van der Waals surface area contributed by atoms with E-state index >= 15 is 0 Å². The van der Waals surface area contributed by atoms with E-state index in [1.807, 2.05) is 50.4 Å². The van der Waals surface area contributed by atoms with Crippen molar-refractivity contribution in [2.24, 2.45) is 5.10 Å². The number of anilines is 1. The molecule has 1 N–H and O–H groups in total. The average molecular weight is 456 g/mol. The molecule has 0 saturated carbocycles. The molecular formula is C23H25N3O3S2. The van der Waals surface area contributed by atoms with E-state index in [1.165, 1.54) is 11.3 Å². The van der Waals surface area contributed by atoms with Crippen molar-refractivity contribution in [2.45, 2.75) is 32.6 Å². The number of thiophene rings is 1. The maximum atomic E-state index is 13.5. The summed E-state index contributed by atoms with van der Waals surface area (Å²) in [5.41, 5.74) is 6.32. The summed E-state index contributed by atoms with van der Waals surface area (Å²) in [6.45, 7) is 7.05. The fourth-order valence-electron chi connectivity index (χ4n) is 3.07. The van der Waals surface area contributed by atoms with Gasteiger partial charge in [0, 0.05) is 4.88 Å². The van der Waals surface area contributed by atoms with Gasteiger partial charge < -0.3 is 0 Å². The molecule has 1 amide bonds. The summed E-state index contributed by atoms with van der Waals surface area (Å²) in [5, 5.41) is 6.05. The first-order valence-electron chi connectivity index (χ1n) is 9.72. The first kappa shape index (κ1) is 22.7. The minimum absolute atomic E-state index is 0.129. The van der Waals surface area contributed by atoms with E-state index in [0.717, 1.165) is 25.9 Å². The second-order valence-electron chi connectivity index (χ2n) is 7.32. The number of hydrogen-bond acceptors (Lipinski definition) is 5. The summed E-state index contributed by atoms with van der Waals surface area (Å²) in [6, 6.07) is 15.8. The number of rotatable bonds is 7. The zero-order chi connectivity index (χ0) is 22.6. The molecule has 0 unspecified atom stereocenters. The Morgan fingerprint density at radius 3 is 2.32 bits per heavy atom. The van der Waals surface area contributed by atoms with Crippen LogP contribution in [0.2, 0.25) is 0 Å². The van der Waals surface area contributed by atoms with Crippen molar-refractivity contribution < 1.29 is 13.2 Å². The zero-order valence-electron chi connectivity index (χ0n) is 17.9. The fraction of sp³-hybridized carbons (Fsp3) is 0.217. The molecule has 0 spiro atoms. The predicted octanol–water partition coefficient (Wildman–Crippen LogP) is 4.41. The molecule has 0 fully saturated rings. The van der Waals surface area contributed by atoms with E-state index < -0.39 is 15.9 Å². The molecule has 3 aromatic rings. The van der Waals surface area contributed by atoms with Crippen LogP contribution in [0.3, 0.4) is 0 Å². The maximum absolute atomic E-state index is 13.5. The lowest BCUT2D eigenvalue weighted by Gasteiger charge is -2.25. The number of nitrogens with one attached hydrogen (secondary N) is 1. The van der Waals surface area contributed by atoms with Crippen LogP contribution in [-0.2, 0) is 14.8 Å². The Kier molecular flexibility index (Phi) is 6.92.